The summed E-state index contributed by atoms with van der Waals surface area (Å²) in [6.07, 6.45) is -2.98. The Hall–Kier alpha value is -1.12. The molecule has 1 aromatic rings. The first-order valence-corrected chi connectivity index (χ1v) is 5.29. The molecule has 0 unspecified atom stereocenters. The van der Waals surface area contributed by atoms with Crippen LogP contribution in [0.3, 0.4) is 0 Å². The van der Waals surface area contributed by atoms with Crippen LogP contribution in [0.4, 0.5) is 13.2 Å². The Morgan fingerprint density at radius 1 is 1.44 bits per heavy atom. The topological polar surface area (TPSA) is 56.5 Å². The molecule has 1 aromatic heterocycles. The largest absolute Gasteiger partial charge is 0.442 e. The Morgan fingerprint density at radius 2 is 2.22 bits per heavy atom. The van der Waals surface area contributed by atoms with E-state index in [4.69, 9.17) is 9.15 Å². The summed E-state index contributed by atoms with van der Waals surface area (Å²) >= 11 is 0. The molecule has 0 amide bonds. The van der Waals surface area contributed by atoms with E-state index in [1.807, 2.05) is 0 Å². The number of methoxy groups -OCH3 is 1. The summed E-state index contributed by atoms with van der Waals surface area (Å²) in [4.78, 5) is 3.90. The molecule has 18 heavy (non-hydrogen) atoms. The molecule has 0 aliphatic rings. The molecule has 0 fully saturated rings. The molecule has 1 heterocycles. The smallest absolute Gasteiger partial charge is 0.411 e. The Labute approximate surface area is 102 Å². The SMILES string of the molecule is COCCNCc1ncc(COCC(F)(F)F)o1. The van der Waals surface area contributed by atoms with Crippen molar-refractivity contribution in [2.45, 2.75) is 19.3 Å². The first-order valence-electron chi connectivity index (χ1n) is 5.29. The number of hydrogen-bond donors (Lipinski definition) is 1. The van der Waals surface area contributed by atoms with Crippen LogP contribution in [0.25, 0.3) is 0 Å². The van der Waals surface area contributed by atoms with Crippen LogP contribution < -0.4 is 5.32 Å². The molecule has 0 radical (unpaired) electrons. The summed E-state index contributed by atoms with van der Waals surface area (Å²) in [7, 11) is 1.59. The molecule has 0 aromatic carbocycles. The zero-order chi connectivity index (χ0) is 13.4. The Morgan fingerprint density at radius 3 is 2.89 bits per heavy atom. The van der Waals surface area contributed by atoms with Crippen LogP contribution in [-0.4, -0.2) is 38.0 Å². The number of oxazole rings is 1. The molecule has 0 saturated heterocycles. The number of aromatic nitrogens is 1. The third-order valence-corrected chi connectivity index (χ3v) is 1.87. The minimum atomic E-state index is -4.33. The highest BCUT2D eigenvalue weighted by molar-refractivity contribution is 4.92. The lowest BCUT2D eigenvalue weighted by Gasteiger charge is -2.05. The molecule has 0 bridgehead atoms. The molecule has 5 nitrogen and oxygen atoms in total. The maximum Gasteiger partial charge on any atom is 0.411 e. The van der Waals surface area contributed by atoms with Crippen LogP contribution in [0.5, 0.6) is 0 Å². The molecule has 0 atom stereocenters. The van der Waals surface area contributed by atoms with E-state index in [9.17, 15) is 13.2 Å². The number of alkyl halides is 3. The fourth-order valence-corrected chi connectivity index (χ4v) is 1.13. The molecule has 1 rings (SSSR count). The lowest BCUT2D eigenvalue weighted by molar-refractivity contribution is -0.177. The van der Waals surface area contributed by atoms with Crippen molar-refractivity contribution in [1.29, 1.82) is 0 Å². The fraction of sp³-hybridized carbons (Fsp3) is 0.700. The van der Waals surface area contributed by atoms with E-state index in [1.54, 1.807) is 7.11 Å². The van der Waals surface area contributed by atoms with Gasteiger partial charge in [-0.25, -0.2) is 4.98 Å². The average molecular weight is 268 g/mol. The normalized spacial score (nSPS) is 12.0. The van der Waals surface area contributed by atoms with E-state index in [0.29, 0.717) is 25.6 Å². The molecular weight excluding hydrogens is 253 g/mol. The van der Waals surface area contributed by atoms with E-state index in [2.05, 4.69) is 15.0 Å². The molecule has 8 heteroatoms. The number of nitrogens with zero attached hydrogens (tertiary/aromatic N) is 1. The van der Waals surface area contributed by atoms with Crippen molar-refractivity contribution >= 4 is 0 Å². The Kier molecular flexibility index (Phi) is 6.10. The summed E-state index contributed by atoms with van der Waals surface area (Å²) in [5, 5.41) is 2.99. The second-order valence-electron chi connectivity index (χ2n) is 3.50. The standard InChI is InChI=1S/C10H15F3N2O3/c1-16-3-2-14-5-9-15-4-8(18-9)6-17-7-10(11,12)13/h4,14H,2-3,5-7H2,1H3. The van der Waals surface area contributed by atoms with Gasteiger partial charge in [-0.1, -0.05) is 0 Å². The van der Waals surface area contributed by atoms with E-state index in [0.717, 1.165) is 0 Å². The molecule has 1 N–H and O–H groups in total. The van der Waals surface area contributed by atoms with Gasteiger partial charge in [0.15, 0.2) is 0 Å². The molecule has 0 aliphatic carbocycles. The van der Waals surface area contributed by atoms with Gasteiger partial charge in [0, 0.05) is 13.7 Å². The summed E-state index contributed by atoms with van der Waals surface area (Å²) in [6.45, 7) is 0.0450. The molecular formula is C10H15F3N2O3. The number of nitrogens with one attached hydrogen (secondary N) is 1. The van der Waals surface area contributed by atoms with Crippen LogP contribution >= 0.6 is 0 Å². The summed E-state index contributed by atoms with van der Waals surface area (Å²) in [5.41, 5.74) is 0. The zero-order valence-corrected chi connectivity index (χ0v) is 9.92. The molecule has 104 valence electrons. The highest BCUT2D eigenvalue weighted by Crippen LogP contribution is 2.15. The Bertz CT molecular complexity index is 341. The highest BCUT2D eigenvalue weighted by atomic mass is 19.4. The number of rotatable bonds is 8. The summed E-state index contributed by atoms with van der Waals surface area (Å²) < 4.78 is 49.9. The second kappa shape index (κ2) is 7.34. The average Bonchev–Trinajstić information content (AvgIpc) is 2.71. The predicted molar refractivity (Wildman–Crippen MR) is 55.8 cm³/mol. The van der Waals surface area contributed by atoms with E-state index < -0.39 is 12.8 Å². The lowest BCUT2D eigenvalue weighted by atomic mass is 10.5. The highest BCUT2D eigenvalue weighted by Gasteiger charge is 2.27. The van der Waals surface area contributed by atoms with Gasteiger partial charge in [0.25, 0.3) is 0 Å². The second-order valence-corrected chi connectivity index (χ2v) is 3.50. The van der Waals surface area contributed by atoms with Crippen molar-refractivity contribution in [3.8, 4) is 0 Å². The number of hydrogen-bond acceptors (Lipinski definition) is 5. The van der Waals surface area contributed by atoms with Gasteiger partial charge in [0.05, 0.1) is 19.3 Å². The zero-order valence-electron chi connectivity index (χ0n) is 9.92. The first-order chi connectivity index (χ1) is 8.51. The Balaban J connectivity index is 2.21. The quantitative estimate of drug-likeness (QED) is 0.724. The third-order valence-electron chi connectivity index (χ3n) is 1.87. The monoisotopic (exact) mass is 268 g/mol. The van der Waals surface area contributed by atoms with Gasteiger partial charge >= 0.3 is 6.18 Å². The summed E-state index contributed by atoms with van der Waals surface area (Å²) in [6, 6.07) is 0. The van der Waals surface area contributed by atoms with E-state index >= 15 is 0 Å². The van der Waals surface area contributed by atoms with Crippen LogP contribution in [0.2, 0.25) is 0 Å². The van der Waals surface area contributed by atoms with Gasteiger partial charge < -0.3 is 19.2 Å². The van der Waals surface area contributed by atoms with Crippen molar-refractivity contribution < 1.29 is 27.1 Å². The van der Waals surface area contributed by atoms with Crippen molar-refractivity contribution in [3.05, 3.63) is 17.8 Å². The van der Waals surface area contributed by atoms with Gasteiger partial charge in [0.1, 0.15) is 19.0 Å². The van der Waals surface area contributed by atoms with Crippen LogP contribution in [0.1, 0.15) is 11.7 Å². The van der Waals surface area contributed by atoms with Crippen molar-refractivity contribution in [2.75, 3.05) is 26.9 Å². The van der Waals surface area contributed by atoms with E-state index in [1.165, 1.54) is 6.20 Å². The third kappa shape index (κ3) is 6.58. The van der Waals surface area contributed by atoms with Gasteiger partial charge in [0.2, 0.25) is 5.89 Å². The van der Waals surface area contributed by atoms with Crippen LogP contribution in [0.15, 0.2) is 10.6 Å². The minimum absolute atomic E-state index is 0.245. The lowest BCUT2D eigenvalue weighted by Crippen LogP contribution is -2.18. The van der Waals surface area contributed by atoms with Gasteiger partial charge in [-0.3, -0.25) is 0 Å². The fourth-order valence-electron chi connectivity index (χ4n) is 1.13. The van der Waals surface area contributed by atoms with Gasteiger partial charge in [-0.05, 0) is 0 Å². The van der Waals surface area contributed by atoms with Crippen molar-refractivity contribution in [2.24, 2.45) is 0 Å². The number of ether oxygens (including phenoxy) is 2. The van der Waals surface area contributed by atoms with Gasteiger partial charge in [-0.15, -0.1) is 0 Å². The van der Waals surface area contributed by atoms with Gasteiger partial charge in [-0.2, -0.15) is 13.2 Å². The van der Waals surface area contributed by atoms with Crippen LogP contribution in [0, 0.1) is 0 Å². The molecule has 0 saturated carbocycles. The number of halogens is 3. The summed E-state index contributed by atoms with van der Waals surface area (Å²) in [5.74, 6) is 0.666. The molecule has 0 aliphatic heterocycles. The van der Waals surface area contributed by atoms with Crippen LogP contribution in [-0.2, 0) is 22.6 Å². The first kappa shape index (κ1) is 14.9. The maximum absolute atomic E-state index is 11.8. The molecule has 0 spiro atoms. The maximum atomic E-state index is 11.8. The minimum Gasteiger partial charge on any atom is -0.442 e. The van der Waals surface area contributed by atoms with E-state index in [-0.39, 0.29) is 12.4 Å². The van der Waals surface area contributed by atoms with Crippen molar-refractivity contribution in [3.63, 3.8) is 0 Å². The predicted octanol–water partition coefficient (Wildman–Crippen LogP) is 1.49. The van der Waals surface area contributed by atoms with Crippen molar-refractivity contribution in [1.82, 2.24) is 10.3 Å².